The number of rotatable bonds is 3. The maximum absolute atomic E-state index is 10.6. The van der Waals surface area contributed by atoms with E-state index in [9.17, 15) is 10.2 Å². The number of hydrogen-bond donors (Lipinski definition) is 2. The van der Waals surface area contributed by atoms with E-state index >= 15 is 0 Å². The van der Waals surface area contributed by atoms with E-state index in [1.807, 2.05) is 18.2 Å². The van der Waals surface area contributed by atoms with Crippen LogP contribution in [0.2, 0.25) is 0 Å². The highest BCUT2D eigenvalue weighted by molar-refractivity contribution is 6.30. The summed E-state index contributed by atoms with van der Waals surface area (Å²) in [6.07, 6.45) is 3.76. The molecule has 1 aliphatic carbocycles. The number of aliphatic hydroxyl groups is 1. The Hall–Kier alpha value is -1.95. The van der Waals surface area contributed by atoms with Crippen molar-refractivity contribution in [2.24, 2.45) is 0 Å². The minimum absolute atomic E-state index is 0.0602. The van der Waals surface area contributed by atoms with Gasteiger partial charge in [0, 0.05) is 5.38 Å². The molecule has 0 atom stereocenters. The summed E-state index contributed by atoms with van der Waals surface area (Å²) in [5, 5.41) is 22.5. The highest BCUT2D eigenvalue weighted by atomic mass is 35.5. The van der Waals surface area contributed by atoms with Gasteiger partial charge in [-0.3, -0.25) is 0 Å². The maximum atomic E-state index is 10.6. The fourth-order valence-electron chi connectivity index (χ4n) is 3.72. The zero-order valence-electron chi connectivity index (χ0n) is 13.5. The van der Waals surface area contributed by atoms with Crippen LogP contribution in [0.25, 0.3) is 0 Å². The van der Waals surface area contributed by atoms with Crippen LogP contribution in [0.4, 0.5) is 0 Å². The van der Waals surface area contributed by atoms with Crippen LogP contribution in [-0.4, -0.2) is 15.8 Å². The largest absolute Gasteiger partial charge is 0.508 e. The van der Waals surface area contributed by atoms with Crippen LogP contribution in [-0.2, 0) is 11.8 Å². The van der Waals surface area contributed by atoms with E-state index in [1.165, 1.54) is 11.1 Å². The van der Waals surface area contributed by atoms with E-state index in [1.54, 1.807) is 12.1 Å². The van der Waals surface area contributed by atoms with Gasteiger partial charge < -0.3 is 10.2 Å². The van der Waals surface area contributed by atoms with Gasteiger partial charge in [-0.2, -0.15) is 0 Å². The third-order valence-electron chi connectivity index (χ3n) is 5.18. The Morgan fingerprint density at radius 1 is 0.917 bits per heavy atom. The van der Waals surface area contributed by atoms with Crippen LogP contribution in [0, 0.1) is 11.3 Å². The van der Waals surface area contributed by atoms with Crippen molar-refractivity contribution in [3.63, 3.8) is 0 Å². The van der Waals surface area contributed by atoms with Crippen LogP contribution in [0.3, 0.4) is 0 Å². The van der Waals surface area contributed by atoms with Crippen LogP contribution in [0.1, 0.15) is 36.8 Å². The Balaban J connectivity index is 1.93. The Morgan fingerprint density at radius 2 is 1.54 bits per heavy atom. The van der Waals surface area contributed by atoms with Gasteiger partial charge in [0.15, 0.2) is 0 Å². The average molecular weight is 341 g/mol. The molecule has 2 aromatic carbocycles. The van der Waals surface area contributed by atoms with E-state index in [4.69, 9.17) is 11.6 Å². The minimum Gasteiger partial charge on any atom is -0.508 e. The summed E-state index contributed by atoms with van der Waals surface area (Å²) in [4.78, 5) is 0. The number of phenolic OH excluding ortho intramolecular Hbond substituents is 1. The summed E-state index contributed by atoms with van der Waals surface area (Å²) in [6, 6.07) is 17.9. The summed E-state index contributed by atoms with van der Waals surface area (Å²) in [5.74, 6) is 3.03. The molecule has 0 saturated heterocycles. The number of halogens is 1. The fourth-order valence-corrected chi connectivity index (χ4v) is 3.90. The van der Waals surface area contributed by atoms with Gasteiger partial charge in [-0.05, 0) is 72.4 Å². The average Bonchev–Trinajstić information content (AvgIpc) is 2.59. The lowest BCUT2D eigenvalue weighted by Gasteiger charge is -2.43. The quantitative estimate of drug-likeness (QED) is 0.814. The monoisotopic (exact) mass is 340 g/mol. The van der Waals surface area contributed by atoms with Gasteiger partial charge >= 0.3 is 0 Å². The van der Waals surface area contributed by atoms with Crippen molar-refractivity contribution in [2.45, 2.75) is 43.1 Å². The summed E-state index contributed by atoms with van der Waals surface area (Å²) < 4.78 is 0. The van der Waals surface area contributed by atoms with Gasteiger partial charge in [-0.25, -0.2) is 0 Å². The van der Waals surface area contributed by atoms with E-state index < -0.39 is 5.60 Å². The van der Waals surface area contributed by atoms with Crippen LogP contribution in [0.15, 0.2) is 54.6 Å². The summed E-state index contributed by atoms with van der Waals surface area (Å²) >= 11 is 5.51. The first kappa shape index (κ1) is 16.9. The van der Waals surface area contributed by atoms with Crippen LogP contribution in [0.5, 0.6) is 5.75 Å². The SMILES string of the molecule is Oc1ccc(C2(Cc3ccccc3)CCC(O)(C#CCl)CC2)cc1. The van der Waals surface area contributed by atoms with E-state index in [2.05, 4.69) is 35.6 Å². The summed E-state index contributed by atoms with van der Waals surface area (Å²) in [5.41, 5.74) is 1.43. The Kier molecular flexibility index (Phi) is 4.85. The molecule has 0 heterocycles. The predicted octanol–water partition coefficient (Wildman–Crippen LogP) is 4.38. The molecular formula is C21H21ClO2. The standard InChI is InChI=1S/C21H21ClO2/c22-15-14-21(24)12-10-20(11-13-21,16-17-4-2-1-3-5-17)18-6-8-19(23)9-7-18/h1-9,23-24H,10-13,16H2. The molecule has 0 unspecified atom stereocenters. The molecule has 0 aromatic heterocycles. The first-order valence-electron chi connectivity index (χ1n) is 8.24. The van der Waals surface area contributed by atoms with Crippen LogP contribution >= 0.6 is 11.6 Å². The van der Waals surface area contributed by atoms with Gasteiger partial charge in [-0.15, -0.1) is 0 Å². The van der Waals surface area contributed by atoms with E-state index in [-0.39, 0.29) is 11.2 Å². The second kappa shape index (κ2) is 6.89. The molecule has 2 N–H and O–H groups in total. The fraction of sp³-hybridized carbons (Fsp3) is 0.333. The molecule has 3 rings (SSSR count). The molecule has 0 aliphatic heterocycles. The zero-order chi connectivity index (χ0) is 17.0. The molecule has 1 aliphatic rings. The third-order valence-corrected chi connectivity index (χ3v) is 5.27. The van der Waals surface area contributed by atoms with Gasteiger partial charge in [0.05, 0.1) is 0 Å². The van der Waals surface area contributed by atoms with Crippen molar-refractivity contribution in [1.82, 2.24) is 0 Å². The Bertz CT molecular complexity index is 733. The van der Waals surface area contributed by atoms with Crippen molar-refractivity contribution < 1.29 is 10.2 Å². The first-order valence-corrected chi connectivity index (χ1v) is 8.62. The molecule has 2 aromatic rings. The van der Waals surface area contributed by atoms with E-state index in [0.717, 1.165) is 19.3 Å². The number of phenols is 1. The maximum Gasteiger partial charge on any atom is 0.126 e. The molecule has 0 amide bonds. The number of benzene rings is 2. The minimum atomic E-state index is -0.987. The lowest BCUT2D eigenvalue weighted by molar-refractivity contribution is 0.0344. The van der Waals surface area contributed by atoms with Crippen molar-refractivity contribution in [1.29, 1.82) is 0 Å². The topological polar surface area (TPSA) is 40.5 Å². The third kappa shape index (κ3) is 3.59. The molecular weight excluding hydrogens is 320 g/mol. The smallest absolute Gasteiger partial charge is 0.126 e. The normalized spacial score (nSPS) is 26.4. The molecule has 2 nitrogen and oxygen atoms in total. The molecule has 24 heavy (non-hydrogen) atoms. The van der Waals surface area contributed by atoms with Gasteiger partial charge in [0.25, 0.3) is 0 Å². The molecule has 1 saturated carbocycles. The molecule has 0 spiro atoms. The molecule has 1 fully saturated rings. The Labute approximate surface area is 148 Å². The highest BCUT2D eigenvalue weighted by Gasteiger charge is 2.42. The van der Waals surface area contributed by atoms with Crippen molar-refractivity contribution in [2.75, 3.05) is 0 Å². The lowest BCUT2D eigenvalue weighted by atomic mass is 9.63. The summed E-state index contributed by atoms with van der Waals surface area (Å²) in [6.45, 7) is 0. The van der Waals surface area contributed by atoms with Gasteiger partial charge in [0.2, 0.25) is 0 Å². The Morgan fingerprint density at radius 3 is 2.12 bits per heavy atom. The highest BCUT2D eigenvalue weighted by Crippen LogP contribution is 2.45. The predicted molar refractivity (Wildman–Crippen MR) is 97.0 cm³/mol. The van der Waals surface area contributed by atoms with Crippen molar-refractivity contribution >= 4 is 11.6 Å². The number of aromatic hydroxyl groups is 1. The van der Waals surface area contributed by atoms with Gasteiger partial charge in [0.1, 0.15) is 11.4 Å². The van der Waals surface area contributed by atoms with Crippen molar-refractivity contribution in [3.05, 3.63) is 65.7 Å². The lowest BCUT2D eigenvalue weighted by Crippen LogP contribution is -2.41. The van der Waals surface area contributed by atoms with Crippen molar-refractivity contribution in [3.8, 4) is 17.0 Å². The number of hydrogen-bond acceptors (Lipinski definition) is 2. The second-order valence-corrected chi connectivity index (χ2v) is 6.93. The molecule has 3 heteroatoms. The molecule has 0 radical (unpaired) electrons. The van der Waals surface area contributed by atoms with Gasteiger partial charge in [-0.1, -0.05) is 48.4 Å². The molecule has 0 bridgehead atoms. The summed E-state index contributed by atoms with van der Waals surface area (Å²) in [7, 11) is 0. The first-order chi connectivity index (χ1) is 11.6. The van der Waals surface area contributed by atoms with E-state index in [0.29, 0.717) is 12.8 Å². The molecule has 124 valence electrons. The second-order valence-electron chi connectivity index (χ2n) is 6.74. The van der Waals surface area contributed by atoms with Crippen LogP contribution < -0.4 is 0 Å². The zero-order valence-corrected chi connectivity index (χ0v) is 14.3.